The summed E-state index contributed by atoms with van der Waals surface area (Å²) in [5.74, 6) is 0.999. The van der Waals surface area contributed by atoms with E-state index in [0.717, 1.165) is 21.2 Å². The van der Waals surface area contributed by atoms with Crippen LogP contribution in [0.3, 0.4) is 0 Å². The van der Waals surface area contributed by atoms with Crippen molar-refractivity contribution in [3.05, 3.63) is 35.4 Å². The fraction of sp³-hybridized carbons (Fsp3) is 0.214. The molecular weight excluding hydrogens is 242 g/mol. The normalized spacial score (nSPS) is 11.3. The highest BCUT2D eigenvalue weighted by Crippen LogP contribution is 2.35. The number of nitrogens with zero attached hydrogens (tertiary/aromatic N) is 2. The molecular formula is C14H15N3S. The van der Waals surface area contributed by atoms with E-state index < -0.39 is 0 Å². The highest BCUT2D eigenvalue weighted by atomic mass is 32.1. The van der Waals surface area contributed by atoms with Crippen LogP contribution < -0.4 is 5.73 Å². The molecule has 0 unspecified atom stereocenters. The number of aryl methyl sites for hydroxylation is 3. The van der Waals surface area contributed by atoms with Crippen LogP contribution in [0, 0.1) is 13.8 Å². The van der Waals surface area contributed by atoms with Gasteiger partial charge in [0.05, 0.1) is 20.9 Å². The summed E-state index contributed by atoms with van der Waals surface area (Å²) in [6.07, 6.45) is 0. The lowest BCUT2D eigenvalue weighted by Gasteiger charge is -2.02. The van der Waals surface area contributed by atoms with Crippen molar-refractivity contribution < 1.29 is 0 Å². The van der Waals surface area contributed by atoms with Crippen molar-refractivity contribution in [1.82, 2.24) is 9.55 Å². The number of aromatic nitrogens is 2. The lowest BCUT2D eigenvalue weighted by Crippen LogP contribution is -1.93. The van der Waals surface area contributed by atoms with E-state index in [1.165, 1.54) is 16.6 Å². The second-order valence-electron chi connectivity index (χ2n) is 4.60. The molecule has 0 spiro atoms. The first-order chi connectivity index (χ1) is 8.58. The van der Waals surface area contributed by atoms with Crippen molar-refractivity contribution >= 4 is 27.4 Å². The van der Waals surface area contributed by atoms with E-state index in [2.05, 4.69) is 37.6 Å². The summed E-state index contributed by atoms with van der Waals surface area (Å²) in [6.45, 7) is 4.19. The standard InChI is InChI=1S/C14H15N3S/c1-8-5-4-6-10-12(8)17(3)14(16-10)13-9(2)7-11(15)18-13/h4-7H,15H2,1-3H3. The Labute approximate surface area is 110 Å². The van der Waals surface area contributed by atoms with E-state index in [4.69, 9.17) is 10.7 Å². The molecule has 1 aromatic carbocycles. The molecule has 0 aliphatic rings. The first-order valence-corrected chi connectivity index (χ1v) is 6.68. The molecule has 3 rings (SSSR count). The van der Waals surface area contributed by atoms with Gasteiger partial charge in [-0.25, -0.2) is 4.98 Å². The first kappa shape index (κ1) is 11.3. The number of rotatable bonds is 1. The molecule has 2 N–H and O–H groups in total. The number of hydrogen-bond donors (Lipinski definition) is 1. The fourth-order valence-corrected chi connectivity index (χ4v) is 3.36. The van der Waals surface area contributed by atoms with Crippen molar-refractivity contribution in [2.45, 2.75) is 13.8 Å². The summed E-state index contributed by atoms with van der Waals surface area (Å²) in [7, 11) is 2.06. The van der Waals surface area contributed by atoms with Gasteiger partial charge in [-0.3, -0.25) is 0 Å². The van der Waals surface area contributed by atoms with Crippen molar-refractivity contribution in [2.75, 3.05) is 5.73 Å². The molecule has 0 saturated carbocycles. The van der Waals surface area contributed by atoms with E-state index in [1.807, 2.05) is 12.1 Å². The van der Waals surface area contributed by atoms with Gasteiger partial charge in [0.15, 0.2) is 5.82 Å². The van der Waals surface area contributed by atoms with Gasteiger partial charge in [-0.15, -0.1) is 11.3 Å². The van der Waals surface area contributed by atoms with Crippen LogP contribution in [0.25, 0.3) is 21.7 Å². The SMILES string of the molecule is Cc1cc(N)sc1-c1nc2cccc(C)c2n1C. The molecule has 18 heavy (non-hydrogen) atoms. The largest absolute Gasteiger partial charge is 0.391 e. The Balaban J connectivity index is 2.34. The highest BCUT2D eigenvalue weighted by Gasteiger charge is 2.15. The van der Waals surface area contributed by atoms with Crippen molar-refractivity contribution in [1.29, 1.82) is 0 Å². The number of hydrogen-bond acceptors (Lipinski definition) is 3. The van der Waals surface area contributed by atoms with Crippen molar-refractivity contribution in [3.63, 3.8) is 0 Å². The molecule has 92 valence electrons. The zero-order valence-electron chi connectivity index (χ0n) is 10.7. The summed E-state index contributed by atoms with van der Waals surface area (Å²) in [4.78, 5) is 5.89. The predicted octanol–water partition coefficient (Wildman–Crippen LogP) is 3.50. The minimum Gasteiger partial charge on any atom is -0.391 e. The van der Waals surface area contributed by atoms with Crippen LogP contribution >= 0.6 is 11.3 Å². The van der Waals surface area contributed by atoms with Crippen molar-refractivity contribution in [3.8, 4) is 10.7 Å². The van der Waals surface area contributed by atoms with Crippen LogP contribution in [-0.2, 0) is 7.05 Å². The fourth-order valence-electron chi connectivity index (χ4n) is 2.40. The number of fused-ring (bicyclic) bond motifs is 1. The number of para-hydroxylation sites is 1. The maximum Gasteiger partial charge on any atom is 0.151 e. The quantitative estimate of drug-likeness (QED) is 0.725. The Morgan fingerprint density at radius 1 is 1.22 bits per heavy atom. The smallest absolute Gasteiger partial charge is 0.151 e. The molecule has 0 radical (unpaired) electrons. The molecule has 2 heterocycles. The summed E-state index contributed by atoms with van der Waals surface area (Å²) in [5, 5.41) is 0.839. The molecule has 0 bridgehead atoms. The molecule has 3 aromatic rings. The third-order valence-corrected chi connectivity index (χ3v) is 4.30. The number of nitrogens with two attached hydrogens (primary N) is 1. The van der Waals surface area contributed by atoms with Gasteiger partial charge < -0.3 is 10.3 Å². The molecule has 0 atom stereocenters. The molecule has 0 aliphatic heterocycles. The first-order valence-electron chi connectivity index (χ1n) is 5.86. The van der Waals surface area contributed by atoms with E-state index >= 15 is 0 Å². The van der Waals surface area contributed by atoms with Gasteiger partial charge in [0, 0.05) is 7.05 Å². The Kier molecular flexibility index (Phi) is 2.41. The van der Waals surface area contributed by atoms with E-state index in [-0.39, 0.29) is 0 Å². The van der Waals surface area contributed by atoms with Gasteiger partial charge in [-0.2, -0.15) is 0 Å². The van der Waals surface area contributed by atoms with E-state index in [0.29, 0.717) is 0 Å². The Morgan fingerprint density at radius 3 is 2.61 bits per heavy atom. The minimum absolute atomic E-state index is 0.839. The van der Waals surface area contributed by atoms with Crippen LogP contribution in [0.15, 0.2) is 24.3 Å². The molecule has 0 aliphatic carbocycles. The number of benzene rings is 1. The summed E-state index contributed by atoms with van der Waals surface area (Å²) in [5.41, 5.74) is 10.5. The van der Waals surface area contributed by atoms with Gasteiger partial charge in [0.25, 0.3) is 0 Å². The lowest BCUT2D eigenvalue weighted by molar-refractivity contribution is 0.957. The van der Waals surface area contributed by atoms with E-state index in [9.17, 15) is 0 Å². The van der Waals surface area contributed by atoms with Gasteiger partial charge in [-0.05, 0) is 37.1 Å². The second kappa shape index (κ2) is 3.85. The third-order valence-electron chi connectivity index (χ3n) is 3.24. The van der Waals surface area contributed by atoms with Gasteiger partial charge in [-0.1, -0.05) is 12.1 Å². The Bertz CT molecular complexity index is 737. The van der Waals surface area contributed by atoms with Crippen LogP contribution in [0.4, 0.5) is 5.00 Å². The van der Waals surface area contributed by atoms with Crippen LogP contribution in [-0.4, -0.2) is 9.55 Å². The average molecular weight is 257 g/mol. The number of anilines is 1. The Morgan fingerprint density at radius 2 is 2.00 bits per heavy atom. The van der Waals surface area contributed by atoms with Gasteiger partial charge >= 0.3 is 0 Å². The molecule has 0 saturated heterocycles. The molecule has 3 nitrogen and oxygen atoms in total. The summed E-state index contributed by atoms with van der Waals surface area (Å²) in [6, 6.07) is 8.22. The zero-order valence-corrected chi connectivity index (χ0v) is 11.5. The van der Waals surface area contributed by atoms with Crippen LogP contribution in [0.2, 0.25) is 0 Å². The van der Waals surface area contributed by atoms with Gasteiger partial charge in [0.1, 0.15) is 0 Å². The predicted molar refractivity (Wildman–Crippen MR) is 77.9 cm³/mol. The lowest BCUT2D eigenvalue weighted by atomic mass is 10.2. The second-order valence-corrected chi connectivity index (χ2v) is 5.68. The number of thiophene rings is 1. The molecule has 0 fully saturated rings. The topological polar surface area (TPSA) is 43.8 Å². The zero-order chi connectivity index (χ0) is 12.9. The number of imidazole rings is 1. The Hall–Kier alpha value is -1.81. The monoisotopic (exact) mass is 257 g/mol. The summed E-state index contributed by atoms with van der Waals surface area (Å²) >= 11 is 1.60. The summed E-state index contributed by atoms with van der Waals surface area (Å²) < 4.78 is 2.16. The average Bonchev–Trinajstić information content (AvgIpc) is 2.80. The van der Waals surface area contributed by atoms with Gasteiger partial charge in [0.2, 0.25) is 0 Å². The van der Waals surface area contributed by atoms with Crippen molar-refractivity contribution in [2.24, 2.45) is 7.05 Å². The highest BCUT2D eigenvalue weighted by molar-refractivity contribution is 7.19. The van der Waals surface area contributed by atoms with E-state index in [1.54, 1.807) is 11.3 Å². The van der Waals surface area contributed by atoms with Crippen LogP contribution in [0.1, 0.15) is 11.1 Å². The molecule has 4 heteroatoms. The third kappa shape index (κ3) is 1.53. The number of nitrogen functional groups attached to an aromatic ring is 1. The molecule has 2 aromatic heterocycles. The minimum atomic E-state index is 0.839. The maximum atomic E-state index is 5.87. The maximum absolute atomic E-state index is 5.87. The van der Waals surface area contributed by atoms with Crippen LogP contribution in [0.5, 0.6) is 0 Å². The molecule has 0 amide bonds.